The highest BCUT2D eigenvalue weighted by Gasteiger charge is 2.17. The third-order valence-electron chi connectivity index (χ3n) is 4.99. The lowest BCUT2D eigenvalue weighted by Gasteiger charge is -2.10. The quantitative estimate of drug-likeness (QED) is 0.522. The lowest BCUT2D eigenvalue weighted by Crippen LogP contribution is -2.40. The first kappa shape index (κ1) is 24.5. The number of nitrogens with zero attached hydrogens (tertiary/aromatic N) is 1. The molecule has 10 heteroatoms. The van der Waals surface area contributed by atoms with Crippen LogP contribution in [0.2, 0.25) is 0 Å². The molecule has 1 amide bonds. The standard InChI is InChI=1S/C23H28N2O7S/c1-4-31-22(27)12-21-25(14-20(26)24-13-16-6-5-7-32-16)23(28)19(33-21)10-15-8-17(29-2)11-18(9-15)30-3/h8-12,16H,4-7,13-14H2,1-3H3,(H,24,26). The van der Waals surface area contributed by atoms with E-state index in [-0.39, 0.29) is 30.7 Å². The van der Waals surface area contributed by atoms with E-state index in [4.69, 9.17) is 18.9 Å². The number of methoxy groups -OCH3 is 2. The highest BCUT2D eigenvalue weighted by atomic mass is 32.1. The number of carbonyl (C=O) groups excluding carboxylic acids is 2. The fraction of sp³-hybridized carbons (Fsp3) is 0.435. The van der Waals surface area contributed by atoms with Crippen molar-refractivity contribution >= 4 is 35.4 Å². The minimum absolute atomic E-state index is 0.00866. The second-order valence-corrected chi connectivity index (χ2v) is 8.38. The second kappa shape index (κ2) is 11.7. The number of thiazole rings is 1. The van der Waals surface area contributed by atoms with E-state index in [1.165, 1.54) is 24.9 Å². The Morgan fingerprint density at radius 2 is 1.97 bits per heavy atom. The average molecular weight is 477 g/mol. The van der Waals surface area contributed by atoms with Crippen molar-refractivity contribution in [3.8, 4) is 11.5 Å². The molecule has 0 aliphatic carbocycles. The summed E-state index contributed by atoms with van der Waals surface area (Å²) >= 11 is 1.10. The molecule has 0 saturated carbocycles. The number of amides is 1. The second-order valence-electron chi connectivity index (χ2n) is 7.32. The van der Waals surface area contributed by atoms with Crippen LogP contribution in [0.25, 0.3) is 12.2 Å². The van der Waals surface area contributed by atoms with Crippen molar-refractivity contribution in [2.24, 2.45) is 0 Å². The van der Waals surface area contributed by atoms with E-state index in [0.29, 0.717) is 39.4 Å². The van der Waals surface area contributed by atoms with Crippen LogP contribution in [0.4, 0.5) is 0 Å². The van der Waals surface area contributed by atoms with Gasteiger partial charge in [0.25, 0.3) is 5.56 Å². The molecular weight excluding hydrogens is 448 g/mol. The van der Waals surface area contributed by atoms with Gasteiger partial charge in [-0.15, -0.1) is 11.3 Å². The van der Waals surface area contributed by atoms with E-state index < -0.39 is 5.97 Å². The Kier molecular flexibility index (Phi) is 8.67. The largest absolute Gasteiger partial charge is 0.497 e. The molecule has 2 aromatic rings. The van der Waals surface area contributed by atoms with E-state index in [1.54, 1.807) is 31.2 Å². The van der Waals surface area contributed by atoms with Crippen LogP contribution in [0.15, 0.2) is 23.0 Å². The van der Waals surface area contributed by atoms with Gasteiger partial charge in [-0.05, 0) is 43.5 Å². The number of benzene rings is 1. The maximum Gasteiger partial charge on any atom is 0.333 e. The summed E-state index contributed by atoms with van der Waals surface area (Å²) in [7, 11) is 3.08. The van der Waals surface area contributed by atoms with Crippen LogP contribution >= 0.6 is 11.3 Å². The van der Waals surface area contributed by atoms with Crippen LogP contribution in [0.1, 0.15) is 25.3 Å². The molecule has 1 aliphatic rings. The molecule has 1 atom stereocenters. The number of esters is 1. The van der Waals surface area contributed by atoms with Crippen LogP contribution in [0.5, 0.6) is 11.5 Å². The van der Waals surface area contributed by atoms with E-state index in [2.05, 4.69) is 5.32 Å². The van der Waals surface area contributed by atoms with Gasteiger partial charge >= 0.3 is 5.97 Å². The van der Waals surface area contributed by atoms with Gasteiger partial charge in [-0.3, -0.25) is 14.2 Å². The zero-order chi connectivity index (χ0) is 23.8. The van der Waals surface area contributed by atoms with Crippen LogP contribution in [-0.2, 0) is 25.6 Å². The number of aromatic nitrogens is 1. The molecule has 2 heterocycles. The highest BCUT2D eigenvalue weighted by Crippen LogP contribution is 2.22. The van der Waals surface area contributed by atoms with Crippen molar-refractivity contribution in [1.82, 2.24) is 9.88 Å². The fourth-order valence-electron chi connectivity index (χ4n) is 3.37. The topological polar surface area (TPSA) is 105 Å². The molecule has 0 radical (unpaired) electrons. The van der Waals surface area contributed by atoms with Gasteiger partial charge in [0.2, 0.25) is 5.91 Å². The van der Waals surface area contributed by atoms with Crippen LogP contribution in [-0.4, -0.2) is 56.5 Å². The van der Waals surface area contributed by atoms with Gasteiger partial charge in [-0.1, -0.05) is 0 Å². The normalized spacial score (nSPS) is 16.6. The Hall–Kier alpha value is -3.11. The zero-order valence-electron chi connectivity index (χ0n) is 18.9. The van der Waals surface area contributed by atoms with E-state index in [9.17, 15) is 14.4 Å². The molecule has 9 nitrogen and oxygen atoms in total. The van der Waals surface area contributed by atoms with Crippen molar-refractivity contribution < 1.29 is 28.5 Å². The first-order valence-corrected chi connectivity index (χ1v) is 11.5. The first-order chi connectivity index (χ1) is 15.9. The maximum absolute atomic E-state index is 13.1. The Bertz CT molecular complexity index is 1140. The molecule has 0 bridgehead atoms. The summed E-state index contributed by atoms with van der Waals surface area (Å²) in [4.78, 5) is 37.7. The summed E-state index contributed by atoms with van der Waals surface area (Å²) in [6.45, 7) is 2.76. The fourth-order valence-corrected chi connectivity index (χ4v) is 4.40. The molecular formula is C23H28N2O7S. The zero-order valence-corrected chi connectivity index (χ0v) is 19.7. The predicted octanol–water partition coefficient (Wildman–Crippen LogP) is 0.395. The minimum atomic E-state index is -0.582. The number of hydrogen-bond acceptors (Lipinski definition) is 8. The predicted molar refractivity (Wildman–Crippen MR) is 124 cm³/mol. The third kappa shape index (κ3) is 6.69. The van der Waals surface area contributed by atoms with Gasteiger partial charge < -0.3 is 24.3 Å². The summed E-state index contributed by atoms with van der Waals surface area (Å²) in [6.07, 6.45) is 4.75. The Labute approximate surface area is 195 Å². The summed E-state index contributed by atoms with van der Waals surface area (Å²) in [5, 5.41) is 2.80. The van der Waals surface area contributed by atoms with E-state index in [0.717, 1.165) is 24.2 Å². The summed E-state index contributed by atoms with van der Waals surface area (Å²) in [6, 6.07) is 5.24. The smallest absolute Gasteiger partial charge is 0.333 e. The molecule has 1 aromatic heterocycles. The van der Waals surface area contributed by atoms with Crippen molar-refractivity contribution in [1.29, 1.82) is 0 Å². The van der Waals surface area contributed by atoms with Gasteiger partial charge in [-0.25, -0.2) is 4.79 Å². The molecule has 0 spiro atoms. The molecule has 1 saturated heterocycles. The number of rotatable bonds is 9. The molecule has 1 unspecified atom stereocenters. The van der Waals surface area contributed by atoms with Crippen LogP contribution in [0.3, 0.4) is 0 Å². The Morgan fingerprint density at radius 1 is 1.24 bits per heavy atom. The van der Waals surface area contributed by atoms with Crippen LogP contribution < -0.4 is 29.5 Å². The number of carbonyl (C=O) groups is 2. The van der Waals surface area contributed by atoms with Gasteiger partial charge in [0, 0.05) is 19.2 Å². The van der Waals surface area contributed by atoms with Crippen LogP contribution in [0, 0.1) is 0 Å². The maximum atomic E-state index is 13.1. The van der Waals surface area contributed by atoms with E-state index >= 15 is 0 Å². The van der Waals surface area contributed by atoms with Crippen molar-refractivity contribution in [3.05, 3.63) is 43.3 Å². The number of hydrogen-bond donors (Lipinski definition) is 1. The SMILES string of the molecule is CCOC(=O)C=c1sc(=Cc2cc(OC)cc(OC)c2)c(=O)n1CC(=O)NCC1CCCO1. The van der Waals surface area contributed by atoms with Crippen molar-refractivity contribution in [2.45, 2.75) is 32.4 Å². The minimum Gasteiger partial charge on any atom is -0.497 e. The van der Waals surface area contributed by atoms with Gasteiger partial charge in [-0.2, -0.15) is 0 Å². The van der Waals surface area contributed by atoms with Crippen molar-refractivity contribution in [2.75, 3.05) is 34.0 Å². The molecule has 3 rings (SSSR count). The monoisotopic (exact) mass is 476 g/mol. The molecule has 1 aliphatic heterocycles. The molecule has 1 aromatic carbocycles. The average Bonchev–Trinajstić information content (AvgIpc) is 3.42. The number of ether oxygens (including phenoxy) is 4. The Morgan fingerprint density at radius 3 is 2.58 bits per heavy atom. The lowest BCUT2D eigenvalue weighted by molar-refractivity contribution is -0.135. The summed E-state index contributed by atoms with van der Waals surface area (Å²) in [5.41, 5.74) is 0.298. The molecule has 1 fully saturated rings. The molecule has 178 valence electrons. The Balaban J connectivity index is 1.96. The first-order valence-electron chi connectivity index (χ1n) is 10.6. The number of nitrogens with one attached hydrogen (secondary N) is 1. The molecule has 1 N–H and O–H groups in total. The van der Waals surface area contributed by atoms with Gasteiger partial charge in [0.15, 0.2) is 0 Å². The lowest BCUT2D eigenvalue weighted by atomic mass is 10.2. The van der Waals surface area contributed by atoms with Gasteiger partial charge in [0.05, 0.1) is 37.5 Å². The van der Waals surface area contributed by atoms with E-state index in [1.807, 2.05) is 0 Å². The van der Waals surface area contributed by atoms with Gasteiger partial charge in [0.1, 0.15) is 22.7 Å². The third-order valence-corrected chi connectivity index (χ3v) is 6.05. The summed E-state index contributed by atoms with van der Waals surface area (Å²) in [5.74, 6) is 0.231. The molecule has 33 heavy (non-hydrogen) atoms. The summed E-state index contributed by atoms with van der Waals surface area (Å²) < 4.78 is 23.0. The highest BCUT2D eigenvalue weighted by molar-refractivity contribution is 7.07. The van der Waals surface area contributed by atoms with Crippen molar-refractivity contribution in [3.63, 3.8) is 0 Å².